The van der Waals surface area contributed by atoms with Crippen LogP contribution in [-0.2, 0) is 19.1 Å². The van der Waals surface area contributed by atoms with Crippen LogP contribution in [-0.4, -0.2) is 25.2 Å². The van der Waals surface area contributed by atoms with Crippen molar-refractivity contribution < 1.29 is 19.1 Å². The number of ether oxygens (including phenoxy) is 2. The summed E-state index contributed by atoms with van der Waals surface area (Å²) in [5, 5.41) is 0. The highest BCUT2D eigenvalue weighted by Crippen LogP contribution is 2.24. The third-order valence-electron chi connectivity index (χ3n) is 4.35. The highest BCUT2D eigenvalue weighted by Gasteiger charge is 2.24. The van der Waals surface area contributed by atoms with E-state index in [0.29, 0.717) is 37.2 Å². The van der Waals surface area contributed by atoms with Gasteiger partial charge in [0.2, 0.25) is 0 Å². The summed E-state index contributed by atoms with van der Waals surface area (Å²) in [5.41, 5.74) is 1.04. The average molecular weight is 397 g/mol. The number of carbonyl (C=O) groups is 2. The van der Waals surface area contributed by atoms with Crippen molar-refractivity contribution in [3.63, 3.8) is 0 Å². The van der Waals surface area contributed by atoms with E-state index in [-0.39, 0.29) is 29.7 Å². The Hall–Kier alpha value is -1.32. The van der Waals surface area contributed by atoms with Crippen molar-refractivity contribution in [1.29, 1.82) is 0 Å². The van der Waals surface area contributed by atoms with Gasteiger partial charge in [-0.15, -0.1) is 0 Å². The standard InChI is InChI=1S/C24H44O4/c1-8-9-10-11-12-13-14-21(23(25)27-16-19(4)5)22(15-18(2)3)24(26)28-17-20(6)7/h18-20H,8-17H2,1-7H3/b22-21-. The molecule has 0 aliphatic rings. The minimum absolute atomic E-state index is 0.263. The fraction of sp³-hybridized carbons (Fsp3) is 0.833. The third kappa shape index (κ3) is 13.0. The Bertz CT molecular complexity index is 475. The molecule has 4 nitrogen and oxygen atoms in total. The minimum atomic E-state index is -0.357. The maximum atomic E-state index is 12.8. The van der Waals surface area contributed by atoms with Gasteiger partial charge >= 0.3 is 11.9 Å². The smallest absolute Gasteiger partial charge is 0.334 e. The second-order valence-electron chi connectivity index (χ2n) is 9.06. The van der Waals surface area contributed by atoms with Gasteiger partial charge in [-0.2, -0.15) is 0 Å². The molecule has 0 aromatic carbocycles. The van der Waals surface area contributed by atoms with Gasteiger partial charge in [0.1, 0.15) is 0 Å². The first-order valence-corrected chi connectivity index (χ1v) is 11.2. The van der Waals surface area contributed by atoms with Gasteiger partial charge in [-0.05, 0) is 37.0 Å². The fourth-order valence-electron chi connectivity index (χ4n) is 2.86. The van der Waals surface area contributed by atoms with Crippen LogP contribution in [0.5, 0.6) is 0 Å². The largest absolute Gasteiger partial charge is 0.462 e. The van der Waals surface area contributed by atoms with Crippen molar-refractivity contribution >= 4 is 11.9 Å². The maximum Gasteiger partial charge on any atom is 0.334 e. The molecule has 0 aliphatic heterocycles. The van der Waals surface area contributed by atoms with Crippen LogP contribution in [0.15, 0.2) is 11.1 Å². The lowest BCUT2D eigenvalue weighted by molar-refractivity contribution is -0.143. The normalized spacial score (nSPS) is 12.5. The van der Waals surface area contributed by atoms with Gasteiger partial charge in [0, 0.05) is 11.1 Å². The number of unbranched alkanes of at least 4 members (excludes halogenated alkanes) is 5. The first-order chi connectivity index (χ1) is 13.2. The zero-order valence-corrected chi connectivity index (χ0v) is 19.4. The van der Waals surface area contributed by atoms with Crippen LogP contribution in [0.3, 0.4) is 0 Å². The van der Waals surface area contributed by atoms with E-state index in [1.54, 1.807) is 0 Å². The SMILES string of the molecule is CCCCCCCC/C(C(=O)OCC(C)C)=C(\CC(C)C)C(=O)OCC(C)C. The Labute approximate surface area is 173 Å². The zero-order chi connectivity index (χ0) is 21.5. The number of hydrogen-bond acceptors (Lipinski definition) is 4. The Kier molecular flexibility index (Phi) is 14.9. The fourth-order valence-corrected chi connectivity index (χ4v) is 2.86. The Morgan fingerprint density at radius 1 is 0.643 bits per heavy atom. The van der Waals surface area contributed by atoms with Crippen LogP contribution < -0.4 is 0 Å². The topological polar surface area (TPSA) is 52.6 Å². The summed E-state index contributed by atoms with van der Waals surface area (Å²) in [6.45, 7) is 15.1. The van der Waals surface area contributed by atoms with Crippen molar-refractivity contribution in [3.8, 4) is 0 Å². The van der Waals surface area contributed by atoms with E-state index in [9.17, 15) is 9.59 Å². The van der Waals surface area contributed by atoms with Crippen LogP contribution in [0.25, 0.3) is 0 Å². The highest BCUT2D eigenvalue weighted by atomic mass is 16.5. The number of esters is 2. The molecule has 0 amide bonds. The molecule has 164 valence electrons. The van der Waals surface area contributed by atoms with E-state index in [1.165, 1.54) is 25.7 Å². The second kappa shape index (κ2) is 15.6. The van der Waals surface area contributed by atoms with Crippen molar-refractivity contribution in [2.24, 2.45) is 17.8 Å². The predicted octanol–water partition coefficient (Wildman–Crippen LogP) is 6.48. The Morgan fingerprint density at radius 3 is 1.57 bits per heavy atom. The molecule has 0 atom stereocenters. The molecule has 0 unspecified atom stereocenters. The molecule has 0 bridgehead atoms. The van der Waals surface area contributed by atoms with E-state index >= 15 is 0 Å². The van der Waals surface area contributed by atoms with Crippen molar-refractivity contribution in [2.75, 3.05) is 13.2 Å². The van der Waals surface area contributed by atoms with Gasteiger partial charge in [0.05, 0.1) is 13.2 Å². The number of rotatable bonds is 15. The quantitative estimate of drug-likeness (QED) is 0.181. The molecule has 0 fully saturated rings. The van der Waals surface area contributed by atoms with Crippen LogP contribution >= 0.6 is 0 Å². The van der Waals surface area contributed by atoms with Crippen LogP contribution in [0.1, 0.15) is 99.8 Å². The summed E-state index contributed by atoms with van der Waals surface area (Å²) < 4.78 is 11.0. The first-order valence-electron chi connectivity index (χ1n) is 11.2. The van der Waals surface area contributed by atoms with Crippen LogP contribution in [0.4, 0.5) is 0 Å². The predicted molar refractivity (Wildman–Crippen MR) is 116 cm³/mol. The number of carbonyl (C=O) groups excluding carboxylic acids is 2. The van der Waals surface area contributed by atoms with E-state index in [0.717, 1.165) is 12.8 Å². The molecule has 0 aliphatic carbocycles. The van der Waals surface area contributed by atoms with Crippen LogP contribution in [0.2, 0.25) is 0 Å². The molecule has 0 rings (SSSR count). The molecule has 0 spiro atoms. The molecule has 0 saturated carbocycles. The minimum Gasteiger partial charge on any atom is -0.462 e. The molecule has 0 radical (unpaired) electrons. The lowest BCUT2D eigenvalue weighted by Crippen LogP contribution is -2.20. The second-order valence-corrected chi connectivity index (χ2v) is 9.06. The summed E-state index contributed by atoms with van der Waals surface area (Å²) in [6.07, 6.45) is 7.95. The first kappa shape index (κ1) is 26.7. The Balaban J connectivity index is 5.37. The van der Waals surface area contributed by atoms with E-state index < -0.39 is 0 Å². The van der Waals surface area contributed by atoms with Gasteiger partial charge < -0.3 is 9.47 Å². The lowest BCUT2D eigenvalue weighted by atomic mass is 9.94. The van der Waals surface area contributed by atoms with Gasteiger partial charge in [-0.1, -0.05) is 80.6 Å². The monoisotopic (exact) mass is 396 g/mol. The molecule has 0 N–H and O–H groups in total. The van der Waals surface area contributed by atoms with E-state index in [1.807, 2.05) is 27.7 Å². The van der Waals surface area contributed by atoms with Gasteiger partial charge in [-0.25, -0.2) is 9.59 Å². The zero-order valence-electron chi connectivity index (χ0n) is 19.4. The van der Waals surface area contributed by atoms with Crippen molar-refractivity contribution in [2.45, 2.75) is 99.8 Å². The molecular weight excluding hydrogens is 352 g/mol. The summed E-state index contributed by atoms with van der Waals surface area (Å²) >= 11 is 0. The van der Waals surface area contributed by atoms with Gasteiger partial charge in [0.25, 0.3) is 0 Å². The summed E-state index contributed by atoms with van der Waals surface area (Å²) in [5.74, 6) is 0.0863. The van der Waals surface area contributed by atoms with Gasteiger partial charge in [0.15, 0.2) is 0 Å². The van der Waals surface area contributed by atoms with Crippen LogP contribution in [0, 0.1) is 17.8 Å². The summed E-state index contributed by atoms with van der Waals surface area (Å²) in [6, 6.07) is 0. The molecule has 0 saturated heterocycles. The summed E-state index contributed by atoms with van der Waals surface area (Å²) in [4.78, 5) is 25.5. The molecule has 0 aromatic rings. The van der Waals surface area contributed by atoms with Crippen molar-refractivity contribution in [3.05, 3.63) is 11.1 Å². The van der Waals surface area contributed by atoms with Crippen molar-refractivity contribution in [1.82, 2.24) is 0 Å². The molecule has 0 aromatic heterocycles. The molecular formula is C24H44O4. The molecule has 4 heteroatoms. The molecule has 28 heavy (non-hydrogen) atoms. The third-order valence-corrected chi connectivity index (χ3v) is 4.35. The maximum absolute atomic E-state index is 12.8. The lowest BCUT2D eigenvalue weighted by Gasteiger charge is -2.17. The van der Waals surface area contributed by atoms with E-state index in [4.69, 9.17) is 9.47 Å². The van der Waals surface area contributed by atoms with Gasteiger partial charge in [-0.3, -0.25) is 0 Å². The van der Waals surface area contributed by atoms with E-state index in [2.05, 4.69) is 20.8 Å². The average Bonchev–Trinajstić information content (AvgIpc) is 2.61. The Morgan fingerprint density at radius 2 is 1.11 bits per heavy atom. The molecule has 0 heterocycles. The number of hydrogen-bond donors (Lipinski definition) is 0. The highest BCUT2D eigenvalue weighted by molar-refractivity contribution is 6.00. The summed E-state index contributed by atoms with van der Waals surface area (Å²) in [7, 11) is 0.